The molecule has 0 atom stereocenters. The molecule has 261 valence electrons. The van der Waals surface area contributed by atoms with Crippen molar-refractivity contribution in [3.63, 3.8) is 0 Å². The van der Waals surface area contributed by atoms with Crippen molar-refractivity contribution in [2.24, 2.45) is 0 Å². The quantitative estimate of drug-likeness (QED) is 0.156. The van der Waals surface area contributed by atoms with Crippen LogP contribution in [0.3, 0.4) is 0 Å². The number of hydrogen-bond donors (Lipinski definition) is 0. The normalized spacial score (nSPS) is 11.1. The van der Waals surface area contributed by atoms with Gasteiger partial charge in [0.05, 0.1) is 0 Å². The second kappa shape index (κ2) is 15.0. The summed E-state index contributed by atoms with van der Waals surface area (Å²) in [5.41, 5.74) is 11.5. The summed E-state index contributed by atoms with van der Waals surface area (Å²) in [6, 6.07) is 56.2. The number of pyridine rings is 1. The molecule has 0 fully saturated rings. The molecule has 0 spiro atoms. The van der Waals surface area contributed by atoms with Gasteiger partial charge in [-0.3, -0.25) is 0 Å². The van der Waals surface area contributed by atoms with Gasteiger partial charge in [-0.1, -0.05) is 170 Å². The first-order valence-electron chi connectivity index (χ1n) is 17.6. The van der Waals surface area contributed by atoms with Gasteiger partial charge in [-0.15, -0.1) is 23.8 Å². The van der Waals surface area contributed by atoms with E-state index in [1.165, 1.54) is 33.0 Å². The Morgan fingerprint density at radius 3 is 1.54 bits per heavy atom. The van der Waals surface area contributed by atoms with E-state index in [1.807, 2.05) is 36.5 Å². The van der Waals surface area contributed by atoms with Crippen molar-refractivity contribution in [2.45, 2.75) is 13.8 Å². The van der Waals surface area contributed by atoms with Crippen molar-refractivity contribution in [1.29, 1.82) is 0 Å². The number of benzene rings is 7. The van der Waals surface area contributed by atoms with Crippen LogP contribution in [0, 0.1) is 19.9 Å². The van der Waals surface area contributed by atoms with Gasteiger partial charge in [0.1, 0.15) is 0 Å². The molecule has 2 aromatic heterocycles. The molecule has 1 radical (unpaired) electrons. The first kappa shape index (κ1) is 35.4. The molecule has 0 aliphatic rings. The largest absolute Gasteiger partial charge is 0.304 e. The van der Waals surface area contributed by atoms with E-state index in [9.17, 15) is 0 Å². The molecule has 54 heavy (non-hydrogen) atoms. The molecule has 9 aromatic rings. The van der Waals surface area contributed by atoms with Crippen LogP contribution in [-0.2, 0) is 20.1 Å². The molecule has 0 saturated heterocycles. The first-order chi connectivity index (χ1) is 25.9. The maximum absolute atomic E-state index is 5.00. The third-order valence-corrected chi connectivity index (χ3v) is 10.3. The van der Waals surface area contributed by atoms with Crippen LogP contribution in [0.1, 0.15) is 11.1 Å². The van der Waals surface area contributed by atoms with Gasteiger partial charge in [0.25, 0.3) is 0 Å². The Bertz CT molecular complexity index is 2720. The van der Waals surface area contributed by atoms with Crippen molar-refractivity contribution in [1.82, 2.24) is 19.9 Å². The molecule has 9 rings (SSSR count). The van der Waals surface area contributed by atoms with E-state index >= 15 is 0 Å². The molecule has 0 unspecified atom stereocenters. The number of aromatic nitrogens is 4. The van der Waals surface area contributed by atoms with Crippen LogP contribution in [-0.4, -0.2) is 19.9 Å². The summed E-state index contributed by atoms with van der Waals surface area (Å²) in [5.74, 6) is 1.79. The summed E-state index contributed by atoms with van der Waals surface area (Å²) in [4.78, 5) is 19.9. The predicted octanol–water partition coefficient (Wildman–Crippen LogP) is 12.8. The number of aryl methyl sites for hydroxylation is 2. The summed E-state index contributed by atoms with van der Waals surface area (Å²) < 4.78 is 0.978. The van der Waals surface area contributed by atoms with E-state index in [0.717, 1.165) is 54.3 Å². The van der Waals surface area contributed by atoms with Crippen LogP contribution in [0.2, 0.25) is 0 Å². The van der Waals surface area contributed by atoms with Crippen molar-refractivity contribution in [3.05, 3.63) is 180 Å². The Balaban J connectivity index is 0.00000413. The van der Waals surface area contributed by atoms with Gasteiger partial charge in [-0.2, -0.15) is 0 Å². The molecule has 2 heterocycles. The summed E-state index contributed by atoms with van der Waals surface area (Å²) in [5, 5.41) is 4.60. The SMILES string of the molecule is Cc1cc(C)cc(-c2ccccc2-c2c[c-]c(-c3ccc(-c4nc(-c5ccc6ccccc6c5)nc(-c5ccc6ccccc6c5)n4)cn3)cc2Br)c1.[Ir]. The fraction of sp³-hybridized carbons (Fsp3) is 0.0417. The van der Waals surface area contributed by atoms with Crippen LogP contribution in [0.4, 0.5) is 0 Å². The van der Waals surface area contributed by atoms with E-state index in [1.54, 1.807) is 0 Å². The molecular weight excluding hydrogens is 905 g/mol. The van der Waals surface area contributed by atoms with Crippen LogP contribution in [0.5, 0.6) is 0 Å². The van der Waals surface area contributed by atoms with Gasteiger partial charge >= 0.3 is 0 Å². The maximum atomic E-state index is 5.00. The summed E-state index contributed by atoms with van der Waals surface area (Å²) in [6.07, 6.45) is 1.84. The zero-order chi connectivity index (χ0) is 35.9. The summed E-state index contributed by atoms with van der Waals surface area (Å²) >= 11 is 3.88. The van der Waals surface area contributed by atoms with Crippen molar-refractivity contribution in [2.75, 3.05) is 0 Å². The Morgan fingerprint density at radius 1 is 0.463 bits per heavy atom. The van der Waals surface area contributed by atoms with E-state index in [4.69, 9.17) is 19.9 Å². The Hall–Kier alpha value is -5.65. The van der Waals surface area contributed by atoms with Gasteiger partial charge in [0.2, 0.25) is 0 Å². The fourth-order valence-corrected chi connectivity index (χ4v) is 7.58. The molecular formula is C48H32BrIrN4-. The second-order valence-electron chi connectivity index (χ2n) is 13.4. The molecule has 6 heteroatoms. The number of hydrogen-bond acceptors (Lipinski definition) is 4. The van der Waals surface area contributed by atoms with Gasteiger partial charge in [-0.25, -0.2) is 15.0 Å². The minimum atomic E-state index is 0. The minimum absolute atomic E-state index is 0. The Labute approximate surface area is 336 Å². The van der Waals surface area contributed by atoms with Crippen molar-refractivity contribution < 1.29 is 20.1 Å². The smallest absolute Gasteiger partial charge is 0.165 e. The first-order valence-corrected chi connectivity index (χ1v) is 18.3. The van der Waals surface area contributed by atoms with Crippen LogP contribution in [0.15, 0.2) is 162 Å². The minimum Gasteiger partial charge on any atom is -0.304 e. The average Bonchev–Trinajstić information content (AvgIpc) is 3.20. The monoisotopic (exact) mass is 936 g/mol. The topological polar surface area (TPSA) is 51.6 Å². The summed E-state index contributed by atoms with van der Waals surface area (Å²) in [6.45, 7) is 4.29. The average molecular weight is 937 g/mol. The Kier molecular flexibility index (Phi) is 9.83. The van der Waals surface area contributed by atoms with Crippen LogP contribution in [0.25, 0.3) is 89.2 Å². The summed E-state index contributed by atoms with van der Waals surface area (Å²) in [7, 11) is 0. The number of halogens is 1. The number of nitrogens with zero attached hydrogens (tertiary/aromatic N) is 4. The molecule has 4 nitrogen and oxygen atoms in total. The van der Waals surface area contributed by atoms with Crippen molar-refractivity contribution >= 4 is 37.5 Å². The fourth-order valence-electron chi connectivity index (χ4n) is 7.02. The van der Waals surface area contributed by atoms with E-state index in [2.05, 4.69) is 157 Å². The van der Waals surface area contributed by atoms with E-state index in [0.29, 0.717) is 17.5 Å². The molecule has 0 N–H and O–H groups in total. The zero-order valence-corrected chi connectivity index (χ0v) is 33.5. The number of fused-ring (bicyclic) bond motifs is 2. The third-order valence-electron chi connectivity index (χ3n) is 9.60. The van der Waals surface area contributed by atoms with E-state index < -0.39 is 0 Å². The zero-order valence-electron chi connectivity index (χ0n) is 29.5. The maximum Gasteiger partial charge on any atom is 0.165 e. The van der Waals surface area contributed by atoms with Gasteiger partial charge in [0.15, 0.2) is 17.5 Å². The number of rotatable bonds is 6. The molecule has 0 amide bonds. The van der Waals surface area contributed by atoms with Gasteiger partial charge in [-0.05, 0) is 64.3 Å². The molecule has 7 aromatic carbocycles. The predicted molar refractivity (Wildman–Crippen MR) is 221 cm³/mol. The molecule has 0 aliphatic carbocycles. The van der Waals surface area contributed by atoms with Gasteiger partial charge in [0, 0.05) is 43.0 Å². The van der Waals surface area contributed by atoms with E-state index in [-0.39, 0.29) is 20.1 Å². The van der Waals surface area contributed by atoms with Crippen molar-refractivity contribution in [3.8, 4) is 67.7 Å². The van der Waals surface area contributed by atoms with Crippen LogP contribution >= 0.6 is 15.9 Å². The third kappa shape index (κ3) is 7.04. The van der Waals surface area contributed by atoms with Crippen LogP contribution < -0.4 is 0 Å². The molecule has 0 aliphatic heterocycles. The van der Waals surface area contributed by atoms with Gasteiger partial charge < -0.3 is 4.98 Å². The second-order valence-corrected chi connectivity index (χ2v) is 14.2. The molecule has 0 bridgehead atoms. The Morgan fingerprint density at radius 2 is 0.981 bits per heavy atom. The molecule has 0 saturated carbocycles. The standard InChI is InChI=1S/C48H32BrN4.Ir/c1-30-23-31(2)25-40(24-30)41-13-7-8-14-42(41)43-21-19-36(28-44(43)49)45-22-20-39(29-50-45)48-52-46(37-17-15-32-9-3-5-11-34(32)26-37)51-47(53-48)38-18-16-33-10-4-6-12-35(33)27-38;/h3-18,20-29H,1-2H3;/q-1;.